The maximum atomic E-state index is 13.9. The van der Waals surface area contributed by atoms with Gasteiger partial charge in [-0.15, -0.1) is 0 Å². The van der Waals surface area contributed by atoms with Gasteiger partial charge >= 0.3 is 5.97 Å². The van der Waals surface area contributed by atoms with Crippen LogP contribution in [-0.4, -0.2) is 11.1 Å². The van der Waals surface area contributed by atoms with Gasteiger partial charge in [-0.25, -0.2) is 13.2 Å². The van der Waals surface area contributed by atoms with Crippen molar-refractivity contribution in [3.8, 4) is 22.6 Å². The molecular weight excluding hydrogens is 425 g/mol. The van der Waals surface area contributed by atoms with Crippen LogP contribution in [0.1, 0.15) is 23.5 Å². The van der Waals surface area contributed by atoms with Gasteiger partial charge in [-0.3, -0.25) is 9.59 Å². The standard InChI is InChI=1S/C24H13F3O5/c25-15-6-12(7-16(26)22(15)27)13-8-19(29)32-18-9-17(28)21-23(30)14(10-31-24(21)20(13)18)11-4-2-1-3-5-11/h1-7,9-10,13,28H,8H2/t13-/m1/s1. The van der Waals surface area contributed by atoms with Crippen LogP contribution in [0.4, 0.5) is 13.2 Å². The largest absolute Gasteiger partial charge is 0.507 e. The minimum atomic E-state index is -1.64. The molecule has 2 heterocycles. The number of ether oxygens (including phenoxy) is 1. The van der Waals surface area contributed by atoms with E-state index in [1.54, 1.807) is 30.3 Å². The molecule has 0 bridgehead atoms. The third-order valence-electron chi connectivity index (χ3n) is 5.46. The summed E-state index contributed by atoms with van der Waals surface area (Å²) in [6.45, 7) is 0. The molecule has 0 radical (unpaired) electrons. The van der Waals surface area contributed by atoms with Crippen molar-refractivity contribution >= 4 is 16.9 Å². The second-order valence-electron chi connectivity index (χ2n) is 7.39. The van der Waals surface area contributed by atoms with Crippen molar-refractivity contribution in [2.75, 3.05) is 0 Å². The van der Waals surface area contributed by atoms with Crippen LogP contribution in [-0.2, 0) is 4.79 Å². The predicted molar refractivity (Wildman–Crippen MR) is 108 cm³/mol. The molecule has 32 heavy (non-hydrogen) atoms. The minimum absolute atomic E-state index is 0.0407. The third-order valence-corrected chi connectivity index (χ3v) is 5.46. The number of esters is 1. The molecule has 4 aromatic rings. The van der Waals surface area contributed by atoms with Gasteiger partial charge in [-0.05, 0) is 23.3 Å². The Bertz CT molecular complexity index is 1440. The Kier molecular flexibility index (Phi) is 4.51. The van der Waals surface area contributed by atoms with Crippen LogP contribution >= 0.6 is 0 Å². The van der Waals surface area contributed by atoms with E-state index in [1.165, 1.54) is 6.26 Å². The fourth-order valence-electron chi connectivity index (χ4n) is 4.01. The van der Waals surface area contributed by atoms with Crippen molar-refractivity contribution in [3.63, 3.8) is 0 Å². The number of carbonyl (C=O) groups excluding carboxylic acids is 1. The van der Waals surface area contributed by atoms with E-state index in [-0.39, 0.29) is 39.8 Å². The number of phenols is 1. The van der Waals surface area contributed by atoms with Crippen molar-refractivity contribution in [1.29, 1.82) is 0 Å². The lowest BCUT2D eigenvalue weighted by molar-refractivity contribution is -0.135. The molecule has 0 saturated carbocycles. The van der Waals surface area contributed by atoms with Gasteiger partial charge in [0, 0.05) is 17.5 Å². The Balaban J connectivity index is 1.80. The summed E-state index contributed by atoms with van der Waals surface area (Å²) in [6.07, 6.45) is 0.876. The molecule has 8 heteroatoms. The van der Waals surface area contributed by atoms with Crippen LogP contribution in [0.2, 0.25) is 0 Å². The van der Waals surface area contributed by atoms with Crippen LogP contribution in [0.3, 0.4) is 0 Å². The topological polar surface area (TPSA) is 76.7 Å². The zero-order valence-electron chi connectivity index (χ0n) is 16.2. The molecule has 5 nitrogen and oxygen atoms in total. The first-order chi connectivity index (χ1) is 15.3. The molecule has 0 aliphatic carbocycles. The van der Waals surface area contributed by atoms with E-state index in [9.17, 15) is 27.9 Å². The summed E-state index contributed by atoms with van der Waals surface area (Å²) in [4.78, 5) is 25.3. The molecule has 1 aromatic heterocycles. The molecule has 1 atom stereocenters. The van der Waals surface area contributed by atoms with Crippen molar-refractivity contribution < 1.29 is 32.2 Å². The SMILES string of the molecule is O=C1C[C@H](c2cc(F)c(F)c(F)c2)c2c(cc(O)c3c(=O)c(-c4ccccc4)coc23)O1. The minimum Gasteiger partial charge on any atom is -0.507 e. The molecule has 1 aliphatic heterocycles. The first kappa shape index (κ1) is 19.9. The van der Waals surface area contributed by atoms with Crippen molar-refractivity contribution in [2.45, 2.75) is 12.3 Å². The van der Waals surface area contributed by atoms with Crippen LogP contribution in [0.15, 0.2) is 64.0 Å². The van der Waals surface area contributed by atoms with Gasteiger partial charge in [0.2, 0.25) is 5.43 Å². The lowest BCUT2D eigenvalue weighted by atomic mass is 9.84. The summed E-state index contributed by atoms with van der Waals surface area (Å²) < 4.78 is 52.2. The summed E-state index contributed by atoms with van der Waals surface area (Å²) in [5.41, 5.74) is 0.236. The van der Waals surface area contributed by atoms with Gasteiger partial charge in [0.25, 0.3) is 0 Å². The van der Waals surface area contributed by atoms with Crippen LogP contribution < -0.4 is 10.2 Å². The van der Waals surface area contributed by atoms with E-state index in [4.69, 9.17) is 9.15 Å². The zero-order valence-corrected chi connectivity index (χ0v) is 16.2. The Hall–Kier alpha value is -4.07. The molecule has 1 aliphatic rings. The number of benzene rings is 3. The molecule has 1 N–H and O–H groups in total. The Morgan fingerprint density at radius 1 is 0.969 bits per heavy atom. The first-order valence-electron chi connectivity index (χ1n) is 9.57. The summed E-state index contributed by atoms with van der Waals surface area (Å²) in [7, 11) is 0. The summed E-state index contributed by atoms with van der Waals surface area (Å²) in [6, 6.07) is 11.3. The summed E-state index contributed by atoms with van der Waals surface area (Å²) in [5, 5.41) is 10.4. The number of halogens is 3. The number of phenolic OH excluding ortho intramolecular Hbond substituents is 1. The highest BCUT2D eigenvalue weighted by atomic mass is 19.2. The zero-order chi connectivity index (χ0) is 22.6. The number of aromatic hydroxyl groups is 1. The smallest absolute Gasteiger partial charge is 0.312 e. The Morgan fingerprint density at radius 2 is 1.66 bits per heavy atom. The highest BCUT2D eigenvalue weighted by Gasteiger charge is 2.34. The van der Waals surface area contributed by atoms with Gasteiger partial charge in [-0.1, -0.05) is 30.3 Å². The fraction of sp³-hybridized carbons (Fsp3) is 0.0833. The van der Waals surface area contributed by atoms with Crippen molar-refractivity contribution in [1.82, 2.24) is 0 Å². The van der Waals surface area contributed by atoms with Crippen molar-refractivity contribution in [2.24, 2.45) is 0 Å². The van der Waals surface area contributed by atoms with Crippen LogP contribution in [0, 0.1) is 17.5 Å². The van der Waals surface area contributed by atoms with Crippen LogP contribution in [0.5, 0.6) is 11.5 Å². The van der Waals surface area contributed by atoms with E-state index in [2.05, 4.69) is 0 Å². The highest BCUT2D eigenvalue weighted by molar-refractivity contribution is 5.94. The summed E-state index contributed by atoms with van der Waals surface area (Å²) >= 11 is 0. The number of fused-ring (bicyclic) bond motifs is 3. The molecule has 5 rings (SSSR count). The average molecular weight is 438 g/mol. The molecule has 0 fully saturated rings. The molecule has 0 spiro atoms. The van der Waals surface area contributed by atoms with E-state index in [0.29, 0.717) is 5.56 Å². The quantitative estimate of drug-likeness (QED) is 0.270. The molecular formula is C24H13F3O5. The number of rotatable bonds is 2. The lowest BCUT2D eigenvalue weighted by Crippen LogP contribution is -2.22. The van der Waals surface area contributed by atoms with Crippen molar-refractivity contribution in [3.05, 3.63) is 93.6 Å². The second-order valence-corrected chi connectivity index (χ2v) is 7.39. The maximum absolute atomic E-state index is 13.9. The predicted octanol–water partition coefficient (Wildman–Crippen LogP) is 5.02. The Morgan fingerprint density at radius 3 is 2.34 bits per heavy atom. The monoisotopic (exact) mass is 438 g/mol. The number of hydrogen-bond acceptors (Lipinski definition) is 5. The normalized spacial score (nSPS) is 15.5. The molecule has 160 valence electrons. The first-order valence-corrected chi connectivity index (χ1v) is 9.57. The van der Waals surface area contributed by atoms with Gasteiger partial charge in [0.15, 0.2) is 17.5 Å². The highest BCUT2D eigenvalue weighted by Crippen LogP contribution is 2.46. The van der Waals surface area contributed by atoms with E-state index in [0.717, 1.165) is 18.2 Å². The number of carbonyl (C=O) groups is 1. The number of hydrogen-bond donors (Lipinski definition) is 1. The third kappa shape index (κ3) is 3.03. The average Bonchev–Trinajstić information content (AvgIpc) is 2.77. The van der Waals surface area contributed by atoms with Gasteiger partial charge in [0.1, 0.15) is 28.7 Å². The molecule has 0 saturated heterocycles. The molecule has 0 amide bonds. The fourth-order valence-corrected chi connectivity index (χ4v) is 4.01. The van der Waals surface area contributed by atoms with Gasteiger partial charge < -0.3 is 14.3 Å². The Labute approximate surface area is 178 Å². The van der Waals surface area contributed by atoms with Gasteiger partial charge in [-0.2, -0.15) is 0 Å². The van der Waals surface area contributed by atoms with E-state index >= 15 is 0 Å². The summed E-state index contributed by atoms with van der Waals surface area (Å²) in [5.74, 6) is -6.79. The second kappa shape index (κ2) is 7.26. The lowest BCUT2D eigenvalue weighted by Gasteiger charge is -2.26. The maximum Gasteiger partial charge on any atom is 0.312 e. The van der Waals surface area contributed by atoms with E-state index < -0.39 is 40.5 Å². The molecule has 3 aromatic carbocycles. The van der Waals surface area contributed by atoms with E-state index in [1.807, 2.05) is 0 Å². The van der Waals surface area contributed by atoms with Crippen LogP contribution in [0.25, 0.3) is 22.1 Å². The molecule has 0 unspecified atom stereocenters. The van der Waals surface area contributed by atoms with Gasteiger partial charge in [0.05, 0.1) is 12.0 Å².